The largest absolute Gasteiger partial charge is 0.338 e. The van der Waals surface area contributed by atoms with Gasteiger partial charge in [0.05, 0.1) is 0 Å². The first kappa shape index (κ1) is 18.1. The normalized spacial score (nSPS) is 16.3. The maximum atomic E-state index is 11.7. The predicted molar refractivity (Wildman–Crippen MR) is 95.8 cm³/mol. The number of hydrogen-bond acceptors (Lipinski definition) is 2. The summed E-state index contributed by atoms with van der Waals surface area (Å²) in [4.78, 5) is 14.3. The minimum Gasteiger partial charge on any atom is -0.338 e. The molecule has 1 aliphatic heterocycles. The number of urea groups is 1. The van der Waals surface area contributed by atoms with Crippen LogP contribution in [0.25, 0.3) is 0 Å². The molecule has 1 aromatic rings. The van der Waals surface area contributed by atoms with Crippen molar-refractivity contribution in [2.24, 2.45) is 5.92 Å². The molecule has 0 aliphatic carbocycles. The third-order valence-electron chi connectivity index (χ3n) is 4.43. The fourth-order valence-electron chi connectivity index (χ4n) is 2.80. The fourth-order valence-corrected chi connectivity index (χ4v) is 2.92. The minimum atomic E-state index is -0.105. The van der Waals surface area contributed by atoms with Crippen LogP contribution in [0.1, 0.15) is 38.2 Å². The highest BCUT2D eigenvalue weighted by Crippen LogP contribution is 2.16. The Morgan fingerprint density at radius 1 is 1.17 bits per heavy atom. The van der Waals surface area contributed by atoms with Crippen molar-refractivity contribution in [3.63, 3.8) is 0 Å². The third-order valence-corrected chi connectivity index (χ3v) is 4.68. The molecule has 0 unspecified atom stereocenters. The van der Waals surface area contributed by atoms with Crippen LogP contribution in [0.15, 0.2) is 24.3 Å². The molecule has 1 saturated heterocycles. The molecule has 0 radical (unpaired) electrons. The Bertz CT molecular complexity index is 470. The quantitative estimate of drug-likeness (QED) is 0.746. The molecule has 2 rings (SSSR count). The summed E-state index contributed by atoms with van der Waals surface area (Å²) < 4.78 is 0. The van der Waals surface area contributed by atoms with Gasteiger partial charge >= 0.3 is 6.03 Å². The fraction of sp³-hybridized carbons (Fsp3) is 0.611. The van der Waals surface area contributed by atoms with Crippen LogP contribution in [0.5, 0.6) is 0 Å². The molecular weight excluding hydrogens is 310 g/mol. The second kappa shape index (κ2) is 9.78. The van der Waals surface area contributed by atoms with E-state index in [1.165, 1.54) is 25.9 Å². The van der Waals surface area contributed by atoms with Crippen LogP contribution in [0.4, 0.5) is 4.79 Å². The number of carbonyl (C=O) groups excluding carboxylic acids is 1. The van der Waals surface area contributed by atoms with E-state index in [1.807, 2.05) is 24.3 Å². The zero-order chi connectivity index (χ0) is 16.5. The summed E-state index contributed by atoms with van der Waals surface area (Å²) in [5.41, 5.74) is 1.05. The highest BCUT2D eigenvalue weighted by atomic mass is 35.5. The van der Waals surface area contributed by atoms with Crippen molar-refractivity contribution < 1.29 is 4.79 Å². The van der Waals surface area contributed by atoms with E-state index in [2.05, 4.69) is 22.5 Å². The number of benzene rings is 1. The van der Waals surface area contributed by atoms with Crippen LogP contribution in [0.2, 0.25) is 5.02 Å². The van der Waals surface area contributed by atoms with Gasteiger partial charge in [-0.05, 0) is 68.9 Å². The summed E-state index contributed by atoms with van der Waals surface area (Å²) >= 11 is 5.83. The number of amides is 2. The molecule has 23 heavy (non-hydrogen) atoms. The standard InChI is InChI=1S/C18H28ClN3O/c1-15-8-12-22(13-9-15)11-3-2-10-20-18(23)21-14-16-4-6-17(19)7-5-16/h4-7,15H,2-3,8-14H2,1H3,(H2,20,21,23). The molecule has 0 aromatic heterocycles. The SMILES string of the molecule is CC1CCN(CCCCNC(=O)NCc2ccc(Cl)cc2)CC1. The Morgan fingerprint density at radius 3 is 2.57 bits per heavy atom. The van der Waals surface area contributed by atoms with Gasteiger partial charge in [0.15, 0.2) is 0 Å². The van der Waals surface area contributed by atoms with Crippen molar-refractivity contribution in [3.8, 4) is 0 Å². The maximum Gasteiger partial charge on any atom is 0.315 e. The molecule has 5 heteroatoms. The Kier molecular flexibility index (Phi) is 7.69. The number of piperidine rings is 1. The number of rotatable bonds is 7. The summed E-state index contributed by atoms with van der Waals surface area (Å²) in [5, 5.41) is 6.48. The number of nitrogens with one attached hydrogen (secondary N) is 2. The molecule has 128 valence electrons. The molecule has 2 amide bonds. The number of likely N-dealkylation sites (tertiary alicyclic amines) is 1. The third kappa shape index (κ3) is 7.23. The van der Waals surface area contributed by atoms with Crippen LogP contribution >= 0.6 is 11.6 Å². The van der Waals surface area contributed by atoms with Gasteiger partial charge in [-0.25, -0.2) is 4.79 Å². The Hall–Kier alpha value is -1.26. The van der Waals surface area contributed by atoms with E-state index in [0.29, 0.717) is 11.6 Å². The molecule has 1 fully saturated rings. The summed E-state index contributed by atoms with van der Waals surface area (Å²) in [5.74, 6) is 0.886. The molecule has 1 aromatic carbocycles. The zero-order valence-electron chi connectivity index (χ0n) is 14.0. The average molecular weight is 338 g/mol. The van der Waals surface area contributed by atoms with Crippen molar-refractivity contribution in [3.05, 3.63) is 34.9 Å². The van der Waals surface area contributed by atoms with Crippen molar-refractivity contribution in [2.75, 3.05) is 26.2 Å². The number of unbranched alkanes of at least 4 members (excludes halogenated alkanes) is 1. The van der Waals surface area contributed by atoms with Gasteiger partial charge in [-0.1, -0.05) is 30.7 Å². The van der Waals surface area contributed by atoms with E-state index >= 15 is 0 Å². The summed E-state index contributed by atoms with van der Waals surface area (Å²) in [7, 11) is 0. The van der Waals surface area contributed by atoms with E-state index in [-0.39, 0.29) is 6.03 Å². The topological polar surface area (TPSA) is 44.4 Å². The van der Waals surface area contributed by atoms with Crippen LogP contribution in [0.3, 0.4) is 0 Å². The van der Waals surface area contributed by atoms with E-state index in [0.717, 1.165) is 37.4 Å². The first-order valence-corrected chi connectivity index (χ1v) is 9.00. The van der Waals surface area contributed by atoms with E-state index in [1.54, 1.807) is 0 Å². The first-order chi connectivity index (χ1) is 11.1. The average Bonchev–Trinajstić information content (AvgIpc) is 2.56. The van der Waals surface area contributed by atoms with Crippen LogP contribution in [-0.2, 0) is 6.54 Å². The van der Waals surface area contributed by atoms with Gasteiger partial charge in [-0.2, -0.15) is 0 Å². The summed E-state index contributed by atoms with van der Waals surface area (Å²) in [6.07, 6.45) is 4.82. The second-order valence-corrected chi connectivity index (χ2v) is 6.90. The van der Waals surface area contributed by atoms with Crippen LogP contribution < -0.4 is 10.6 Å². The lowest BCUT2D eigenvalue weighted by Gasteiger charge is -2.30. The molecule has 0 spiro atoms. The highest BCUT2D eigenvalue weighted by Gasteiger charge is 2.14. The number of halogens is 1. The van der Waals surface area contributed by atoms with Gasteiger partial charge in [0.25, 0.3) is 0 Å². The van der Waals surface area contributed by atoms with Crippen molar-refractivity contribution in [1.82, 2.24) is 15.5 Å². The highest BCUT2D eigenvalue weighted by molar-refractivity contribution is 6.30. The lowest BCUT2D eigenvalue weighted by atomic mass is 9.99. The Labute approximate surface area is 144 Å². The molecular formula is C18H28ClN3O. The molecule has 1 aliphatic rings. The van der Waals surface area contributed by atoms with E-state index in [9.17, 15) is 4.79 Å². The van der Waals surface area contributed by atoms with Crippen LogP contribution in [-0.4, -0.2) is 37.1 Å². The van der Waals surface area contributed by atoms with Crippen LogP contribution in [0, 0.1) is 5.92 Å². The molecule has 0 saturated carbocycles. The van der Waals surface area contributed by atoms with Crippen molar-refractivity contribution in [2.45, 2.75) is 39.2 Å². The molecule has 2 N–H and O–H groups in total. The van der Waals surface area contributed by atoms with Gasteiger partial charge in [0, 0.05) is 18.1 Å². The van der Waals surface area contributed by atoms with Gasteiger partial charge < -0.3 is 15.5 Å². The minimum absolute atomic E-state index is 0.105. The predicted octanol–water partition coefficient (Wildman–Crippen LogP) is 3.65. The molecule has 4 nitrogen and oxygen atoms in total. The second-order valence-electron chi connectivity index (χ2n) is 6.47. The van der Waals surface area contributed by atoms with Gasteiger partial charge in [-0.15, -0.1) is 0 Å². The van der Waals surface area contributed by atoms with E-state index in [4.69, 9.17) is 11.6 Å². The lowest BCUT2D eigenvalue weighted by Crippen LogP contribution is -2.36. The molecule has 0 atom stereocenters. The summed E-state index contributed by atoms with van der Waals surface area (Å²) in [6.45, 7) is 7.21. The Balaban J connectivity index is 1.49. The smallest absolute Gasteiger partial charge is 0.315 e. The lowest BCUT2D eigenvalue weighted by molar-refractivity contribution is 0.189. The van der Waals surface area contributed by atoms with Crippen molar-refractivity contribution >= 4 is 17.6 Å². The maximum absolute atomic E-state index is 11.7. The Morgan fingerprint density at radius 2 is 1.87 bits per heavy atom. The number of hydrogen-bond donors (Lipinski definition) is 2. The van der Waals surface area contributed by atoms with Gasteiger partial charge in [0.2, 0.25) is 0 Å². The van der Waals surface area contributed by atoms with E-state index < -0.39 is 0 Å². The van der Waals surface area contributed by atoms with Gasteiger partial charge in [0.1, 0.15) is 0 Å². The number of nitrogens with zero attached hydrogens (tertiary/aromatic N) is 1. The van der Waals surface area contributed by atoms with Crippen molar-refractivity contribution in [1.29, 1.82) is 0 Å². The summed E-state index contributed by atoms with van der Waals surface area (Å²) in [6, 6.07) is 7.39. The first-order valence-electron chi connectivity index (χ1n) is 8.62. The molecule has 0 bridgehead atoms. The number of carbonyl (C=O) groups is 1. The zero-order valence-corrected chi connectivity index (χ0v) is 14.7. The monoisotopic (exact) mass is 337 g/mol. The van der Waals surface area contributed by atoms with Gasteiger partial charge in [-0.3, -0.25) is 0 Å². The molecule has 1 heterocycles.